The summed E-state index contributed by atoms with van der Waals surface area (Å²) >= 11 is 0. The third-order valence-electron chi connectivity index (χ3n) is 9.18. The number of aliphatic hydroxyl groups is 3. The zero-order valence-corrected chi connectivity index (χ0v) is 25.1. The fraction of sp³-hybridized carbons (Fsp3) is 0.406. The number of ketones is 2. The van der Waals surface area contributed by atoms with Crippen molar-refractivity contribution in [3.8, 4) is 22.6 Å². The number of phenols is 1. The smallest absolute Gasteiger partial charge is 0.255 e. The van der Waals surface area contributed by atoms with Gasteiger partial charge in [-0.2, -0.15) is 0 Å². The normalized spacial score (nSPS) is 26.7. The number of aromatic hydroxyl groups is 1. The van der Waals surface area contributed by atoms with E-state index in [2.05, 4.69) is 0 Å². The van der Waals surface area contributed by atoms with E-state index in [0.29, 0.717) is 34.7 Å². The molecule has 0 aliphatic heterocycles. The Morgan fingerprint density at radius 2 is 1.79 bits per heavy atom. The van der Waals surface area contributed by atoms with Gasteiger partial charge in [0.15, 0.2) is 11.4 Å². The number of primary amides is 1. The quantitative estimate of drug-likeness (QED) is 0.314. The minimum Gasteiger partial charge on any atom is -0.510 e. The third kappa shape index (κ3) is 4.05. The summed E-state index contributed by atoms with van der Waals surface area (Å²) in [5, 5.41) is 46.5. The van der Waals surface area contributed by atoms with E-state index in [-0.39, 0.29) is 29.7 Å². The molecule has 11 heteroatoms. The van der Waals surface area contributed by atoms with E-state index in [9.17, 15) is 34.8 Å². The molecule has 5 rings (SSSR count). The number of benzene rings is 2. The number of phenolic OH excluding ortho intramolecular Hbond substituents is 1. The molecule has 0 saturated heterocycles. The minimum absolute atomic E-state index is 0.00938. The topological polar surface area (TPSA) is 174 Å². The molecule has 2 aromatic rings. The lowest BCUT2D eigenvalue weighted by molar-refractivity contribution is -0.165. The van der Waals surface area contributed by atoms with Gasteiger partial charge in [-0.1, -0.05) is 19.1 Å². The number of ether oxygens (including phenoxy) is 1. The number of carbonyl (C=O) groups is 3. The molecule has 6 N–H and O–H groups in total. The van der Waals surface area contributed by atoms with Crippen molar-refractivity contribution in [2.24, 2.45) is 17.1 Å². The monoisotopic (exact) mass is 591 g/mol. The van der Waals surface area contributed by atoms with Gasteiger partial charge in [0.1, 0.15) is 28.6 Å². The molecule has 0 heterocycles. The van der Waals surface area contributed by atoms with Crippen molar-refractivity contribution < 1.29 is 39.5 Å². The largest absolute Gasteiger partial charge is 0.510 e. The van der Waals surface area contributed by atoms with Crippen LogP contribution in [0.2, 0.25) is 0 Å². The van der Waals surface area contributed by atoms with Crippen molar-refractivity contribution >= 4 is 23.2 Å². The Kier molecular flexibility index (Phi) is 7.10. The predicted molar refractivity (Wildman–Crippen MR) is 159 cm³/mol. The van der Waals surface area contributed by atoms with Gasteiger partial charge in [-0.15, -0.1) is 0 Å². The van der Waals surface area contributed by atoms with Gasteiger partial charge in [0.05, 0.1) is 18.2 Å². The molecule has 3 aliphatic carbocycles. The number of allylic oxidation sites excluding steroid dienone is 1. The zero-order valence-electron chi connectivity index (χ0n) is 25.1. The van der Waals surface area contributed by atoms with Crippen molar-refractivity contribution in [3.05, 3.63) is 64.1 Å². The number of Topliss-reactive ketones (excluding diaryl/α,β-unsaturated/α-hetero) is 2. The summed E-state index contributed by atoms with van der Waals surface area (Å²) in [4.78, 5) is 43.7. The number of hydrogen-bond donors (Lipinski definition) is 5. The number of anilines is 1. The fourth-order valence-corrected chi connectivity index (χ4v) is 7.42. The Hall–Kier alpha value is -4.35. The Morgan fingerprint density at radius 3 is 2.37 bits per heavy atom. The molecule has 0 saturated carbocycles. The second kappa shape index (κ2) is 10.1. The molecular weight excluding hydrogens is 554 g/mol. The summed E-state index contributed by atoms with van der Waals surface area (Å²) in [5.74, 6) is -5.20. The Bertz CT molecular complexity index is 1640. The van der Waals surface area contributed by atoms with Crippen molar-refractivity contribution in [2.75, 3.05) is 39.7 Å². The maximum absolute atomic E-state index is 14.3. The van der Waals surface area contributed by atoms with E-state index in [0.717, 1.165) is 0 Å². The van der Waals surface area contributed by atoms with Crippen LogP contribution in [0.1, 0.15) is 36.2 Å². The van der Waals surface area contributed by atoms with E-state index >= 15 is 0 Å². The first-order chi connectivity index (χ1) is 20.1. The highest BCUT2D eigenvalue weighted by Crippen LogP contribution is 2.59. The number of nitrogens with two attached hydrogens (primary N) is 1. The van der Waals surface area contributed by atoms with Gasteiger partial charge in [-0.05, 0) is 69.1 Å². The first-order valence-electron chi connectivity index (χ1n) is 14.1. The van der Waals surface area contributed by atoms with Crippen LogP contribution in [-0.2, 0) is 16.0 Å². The minimum atomic E-state index is -2.75. The van der Waals surface area contributed by atoms with Crippen LogP contribution in [0.4, 0.5) is 5.69 Å². The molecule has 11 nitrogen and oxygen atoms in total. The van der Waals surface area contributed by atoms with Gasteiger partial charge in [0.2, 0.25) is 5.78 Å². The lowest BCUT2D eigenvalue weighted by Gasteiger charge is -2.57. The van der Waals surface area contributed by atoms with Crippen LogP contribution in [0.3, 0.4) is 0 Å². The van der Waals surface area contributed by atoms with Crippen molar-refractivity contribution in [1.29, 1.82) is 0 Å². The van der Waals surface area contributed by atoms with Gasteiger partial charge in [0.25, 0.3) is 5.91 Å². The zero-order chi connectivity index (χ0) is 31.8. The Labute approximate surface area is 249 Å². The van der Waals surface area contributed by atoms with Crippen LogP contribution in [-0.4, -0.2) is 89.2 Å². The summed E-state index contributed by atoms with van der Waals surface area (Å²) in [6.45, 7) is 3.83. The average Bonchev–Trinajstić information content (AvgIpc) is 2.91. The van der Waals surface area contributed by atoms with Crippen LogP contribution < -0.4 is 15.4 Å². The summed E-state index contributed by atoms with van der Waals surface area (Å²) in [5.41, 5.74) is 2.22. The van der Waals surface area contributed by atoms with Crippen LogP contribution in [0.15, 0.2) is 53.0 Å². The maximum atomic E-state index is 14.3. The molecule has 2 aromatic carbocycles. The average molecular weight is 592 g/mol. The molecule has 1 amide bonds. The molecule has 0 radical (unpaired) electrons. The highest BCUT2D eigenvalue weighted by Gasteiger charge is 2.69. The summed E-state index contributed by atoms with van der Waals surface area (Å²) in [6, 6.07) is 7.77. The van der Waals surface area contributed by atoms with Crippen LogP contribution >= 0.6 is 0 Å². The lowest BCUT2D eigenvalue weighted by atomic mass is 9.51. The molecular formula is C32H37N3O8. The molecule has 3 aliphatic rings. The summed E-state index contributed by atoms with van der Waals surface area (Å²) in [6.07, 6.45) is 0.179. The number of fused-ring (bicyclic) bond motifs is 3. The molecule has 4 atom stereocenters. The molecule has 228 valence electrons. The molecule has 1 unspecified atom stereocenters. The Balaban J connectivity index is 1.77. The second-order valence-corrected chi connectivity index (χ2v) is 12.1. The number of amides is 1. The summed E-state index contributed by atoms with van der Waals surface area (Å²) < 4.78 is 5.63. The highest BCUT2D eigenvalue weighted by molar-refractivity contribution is 6.25. The Morgan fingerprint density at radius 1 is 1.12 bits per heavy atom. The van der Waals surface area contributed by atoms with E-state index in [1.54, 1.807) is 44.4 Å². The predicted octanol–water partition coefficient (Wildman–Crippen LogP) is 2.64. The number of carbonyl (C=O) groups excluding carboxylic acids is 3. The van der Waals surface area contributed by atoms with Gasteiger partial charge < -0.3 is 35.8 Å². The third-order valence-corrected chi connectivity index (χ3v) is 9.18. The first kappa shape index (κ1) is 30.1. The fourth-order valence-electron chi connectivity index (χ4n) is 7.42. The standard InChI is InChI=1S/C32H37N3O8/c1-7-43-17-10-8-9-15(11-17)18-13-20(34(3)4)19-12-16-14-31(2)27(35(5)6)26(38)23(30(33)41)29(40)32(31,42)28(39)21(16)25(37)22(19)24(18)36/h8-11,13,16,27,36,38-39,42H,7,12,14H2,1-6H3,(H2,33,41)/t16-,27+,31?,32-/m0/s1. The van der Waals surface area contributed by atoms with E-state index in [4.69, 9.17) is 10.5 Å². The van der Waals surface area contributed by atoms with Gasteiger partial charge >= 0.3 is 0 Å². The SMILES string of the molecule is CCOc1cccc(-c2cc(N(C)C)c3c(c2O)C(=O)C2=C(O)[C@]4(O)C(=O)C(C(N)=O)=C(O)[C@@H](N(C)C)C4(C)C[C@@H]2C3)c1. The van der Waals surface area contributed by atoms with Crippen molar-refractivity contribution in [2.45, 2.75) is 38.3 Å². The molecule has 0 fully saturated rings. The highest BCUT2D eigenvalue weighted by atomic mass is 16.5. The van der Waals surface area contributed by atoms with E-state index in [1.807, 2.05) is 25.9 Å². The molecule has 43 heavy (non-hydrogen) atoms. The van der Waals surface area contributed by atoms with E-state index < -0.39 is 57.5 Å². The van der Waals surface area contributed by atoms with Crippen LogP contribution in [0.5, 0.6) is 11.5 Å². The van der Waals surface area contributed by atoms with Crippen molar-refractivity contribution in [1.82, 2.24) is 4.90 Å². The lowest BCUT2D eigenvalue weighted by Crippen LogP contribution is -2.69. The van der Waals surface area contributed by atoms with Gasteiger partial charge in [-0.25, -0.2) is 0 Å². The second-order valence-electron chi connectivity index (χ2n) is 12.1. The number of hydrogen-bond acceptors (Lipinski definition) is 10. The van der Waals surface area contributed by atoms with Crippen molar-refractivity contribution in [3.63, 3.8) is 0 Å². The van der Waals surface area contributed by atoms with Crippen LogP contribution in [0.25, 0.3) is 11.1 Å². The summed E-state index contributed by atoms with van der Waals surface area (Å²) in [7, 11) is 6.83. The molecule has 0 aromatic heterocycles. The van der Waals surface area contributed by atoms with Gasteiger partial charge in [-0.3, -0.25) is 19.3 Å². The van der Waals surface area contributed by atoms with E-state index in [1.165, 1.54) is 11.8 Å². The molecule has 0 spiro atoms. The number of likely N-dealkylation sites (N-methyl/N-ethyl adjacent to an activating group) is 1. The van der Waals surface area contributed by atoms with Gasteiger partial charge in [0, 0.05) is 36.3 Å². The maximum Gasteiger partial charge on any atom is 0.255 e. The first-order valence-corrected chi connectivity index (χ1v) is 14.1. The van der Waals surface area contributed by atoms with Crippen LogP contribution in [0, 0.1) is 11.3 Å². The number of nitrogens with zero attached hydrogens (tertiary/aromatic N) is 2. The molecule has 0 bridgehead atoms. The number of aliphatic hydroxyl groups excluding tert-OH is 2. The number of rotatable bonds is 6.